The number of methoxy groups -OCH3 is 1. The maximum Gasteiger partial charge on any atom is 0.339 e. The summed E-state index contributed by atoms with van der Waals surface area (Å²) in [6.07, 6.45) is 3.04. The first-order chi connectivity index (χ1) is 11.0. The number of carbonyl (C=O) groups excluding carboxylic acids is 3. The molecule has 1 heterocycles. The lowest BCUT2D eigenvalue weighted by Gasteiger charge is -2.33. The summed E-state index contributed by atoms with van der Waals surface area (Å²) < 4.78 is 9.73. The Morgan fingerprint density at radius 1 is 1.13 bits per heavy atom. The molecule has 0 aromatic heterocycles. The van der Waals surface area contributed by atoms with Crippen molar-refractivity contribution >= 4 is 17.8 Å². The molecule has 1 aromatic carbocycles. The number of carbonyl (C=O) groups is 3. The highest BCUT2D eigenvalue weighted by molar-refractivity contribution is 6.03. The van der Waals surface area contributed by atoms with Crippen molar-refractivity contribution in [3.8, 4) is 0 Å². The predicted octanol–water partition coefficient (Wildman–Crippen LogP) is 2.03. The summed E-state index contributed by atoms with van der Waals surface area (Å²) in [5, 5.41) is 0. The molecule has 0 radical (unpaired) electrons. The molecular formula is C17H21NO5. The quantitative estimate of drug-likeness (QED) is 0.794. The highest BCUT2D eigenvalue weighted by Crippen LogP contribution is 2.17. The molecule has 1 aromatic rings. The lowest BCUT2D eigenvalue weighted by Crippen LogP contribution is -2.44. The Bertz CT molecular complexity index is 598. The van der Waals surface area contributed by atoms with Gasteiger partial charge in [0.2, 0.25) is 0 Å². The van der Waals surface area contributed by atoms with Crippen molar-refractivity contribution in [2.24, 2.45) is 0 Å². The summed E-state index contributed by atoms with van der Waals surface area (Å²) in [6.45, 7) is 2.36. The zero-order valence-electron chi connectivity index (χ0n) is 13.4. The molecule has 6 heteroatoms. The first-order valence-electron chi connectivity index (χ1n) is 7.68. The number of hydrogen-bond donors (Lipinski definition) is 0. The van der Waals surface area contributed by atoms with E-state index in [1.165, 1.54) is 19.2 Å². The second kappa shape index (κ2) is 7.76. The normalized spacial score (nSPS) is 17.5. The summed E-state index contributed by atoms with van der Waals surface area (Å²) in [5.74, 6) is -1.53. The van der Waals surface area contributed by atoms with E-state index in [1.54, 1.807) is 17.0 Å². The molecule has 0 spiro atoms. The fraction of sp³-hybridized carbons (Fsp3) is 0.471. The van der Waals surface area contributed by atoms with Crippen LogP contribution in [0.3, 0.4) is 0 Å². The van der Waals surface area contributed by atoms with Crippen molar-refractivity contribution in [3.63, 3.8) is 0 Å². The molecule has 1 fully saturated rings. The second-order valence-electron chi connectivity index (χ2n) is 5.55. The molecule has 1 amide bonds. The smallest absolute Gasteiger partial charge is 0.339 e. The van der Waals surface area contributed by atoms with Crippen molar-refractivity contribution < 1.29 is 23.9 Å². The highest BCUT2D eigenvalue weighted by Gasteiger charge is 2.25. The zero-order valence-corrected chi connectivity index (χ0v) is 13.4. The van der Waals surface area contributed by atoms with Gasteiger partial charge in [-0.3, -0.25) is 4.79 Å². The first-order valence-corrected chi connectivity index (χ1v) is 7.68. The average molecular weight is 319 g/mol. The zero-order chi connectivity index (χ0) is 16.8. The van der Waals surface area contributed by atoms with E-state index in [2.05, 4.69) is 4.74 Å². The fourth-order valence-corrected chi connectivity index (χ4v) is 2.71. The molecule has 6 nitrogen and oxygen atoms in total. The Morgan fingerprint density at radius 3 is 2.39 bits per heavy atom. The van der Waals surface area contributed by atoms with E-state index in [0.29, 0.717) is 6.54 Å². The fourth-order valence-electron chi connectivity index (χ4n) is 2.71. The van der Waals surface area contributed by atoms with Gasteiger partial charge >= 0.3 is 11.9 Å². The van der Waals surface area contributed by atoms with Crippen molar-refractivity contribution in [2.45, 2.75) is 32.2 Å². The number of piperidine rings is 1. The topological polar surface area (TPSA) is 72.9 Å². The Labute approximate surface area is 135 Å². The minimum atomic E-state index is -0.705. The van der Waals surface area contributed by atoms with Crippen molar-refractivity contribution in [1.82, 2.24) is 4.90 Å². The highest BCUT2D eigenvalue weighted by atomic mass is 16.5. The summed E-state index contributed by atoms with van der Waals surface area (Å²) in [6, 6.07) is 6.37. The molecule has 124 valence electrons. The van der Waals surface area contributed by atoms with Gasteiger partial charge in [-0.1, -0.05) is 12.1 Å². The second-order valence-corrected chi connectivity index (χ2v) is 5.55. The van der Waals surface area contributed by atoms with Gasteiger partial charge in [0.25, 0.3) is 5.91 Å². The van der Waals surface area contributed by atoms with Gasteiger partial charge in [0.15, 0.2) is 6.61 Å². The van der Waals surface area contributed by atoms with Crippen LogP contribution in [0.1, 0.15) is 46.9 Å². The maximum absolute atomic E-state index is 12.2. The van der Waals surface area contributed by atoms with Gasteiger partial charge in [0.05, 0.1) is 18.2 Å². The van der Waals surface area contributed by atoms with Crippen molar-refractivity contribution in [1.29, 1.82) is 0 Å². The van der Waals surface area contributed by atoms with E-state index in [0.717, 1.165) is 19.3 Å². The Kier molecular flexibility index (Phi) is 5.73. The number of benzene rings is 1. The van der Waals surface area contributed by atoms with Crippen LogP contribution in [0, 0.1) is 0 Å². The Morgan fingerprint density at radius 2 is 1.78 bits per heavy atom. The molecular weight excluding hydrogens is 298 g/mol. The van der Waals surface area contributed by atoms with E-state index in [4.69, 9.17) is 4.74 Å². The molecule has 1 unspecified atom stereocenters. The van der Waals surface area contributed by atoms with Crippen LogP contribution in [0.25, 0.3) is 0 Å². The third-order valence-electron chi connectivity index (χ3n) is 4.00. The van der Waals surface area contributed by atoms with Crippen LogP contribution in [0.5, 0.6) is 0 Å². The number of ether oxygens (including phenoxy) is 2. The van der Waals surface area contributed by atoms with Crippen LogP contribution in [-0.2, 0) is 14.3 Å². The Balaban J connectivity index is 2.00. The molecule has 1 saturated heterocycles. The molecule has 23 heavy (non-hydrogen) atoms. The number of rotatable bonds is 4. The largest absolute Gasteiger partial charge is 0.465 e. The summed E-state index contributed by atoms with van der Waals surface area (Å²) in [7, 11) is 1.24. The molecule has 0 N–H and O–H groups in total. The van der Waals surface area contributed by atoms with Gasteiger partial charge in [-0.05, 0) is 38.3 Å². The molecule has 1 aliphatic heterocycles. The summed E-state index contributed by atoms with van der Waals surface area (Å²) in [4.78, 5) is 37.7. The third-order valence-corrected chi connectivity index (χ3v) is 4.00. The van der Waals surface area contributed by atoms with E-state index < -0.39 is 11.9 Å². The van der Waals surface area contributed by atoms with Crippen LogP contribution < -0.4 is 0 Å². The number of amides is 1. The monoisotopic (exact) mass is 319 g/mol. The van der Waals surface area contributed by atoms with Gasteiger partial charge in [-0.15, -0.1) is 0 Å². The van der Waals surface area contributed by atoms with Gasteiger partial charge in [-0.2, -0.15) is 0 Å². The van der Waals surface area contributed by atoms with Crippen molar-refractivity contribution in [2.75, 3.05) is 20.3 Å². The SMILES string of the molecule is COC(=O)c1ccccc1C(=O)OCC(=O)N1CCCCC1C. The average Bonchev–Trinajstić information content (AvgIpc) is 2.59. The summed E-state index contributed by atoms with van der Waals surface area (Å²) in [5.41, 5.74) is 0.220. The van der Waals surface area contributed by atoms with E-state index >= 15 is 0 Å². The Hall–Kier alpha value is -2.37. The van der Waals surface area contributed by atoms with E-state index in [9.17, 15) is 14.4 Å². The molecule has 0 saturated carbocycles. The van der Waals surface area contributed by atoms with Gasteiger partial charge < -0.3 is 14.4 Å². The standard InChI is InChI=1S/C17H21NO5/c1-12-7-5-6-10-18(12)15(19)11-23-17(21)14-9-4-3-8-13(14)16(20)22-2/h3-4,8-9,12H,5-7,10-11H2,1-2H3. The molecule has 1 aliphatic rings. The number of nitrogens with zero attached hydrogens (tertiary/aromatic N) is 1. The maximum atomic E-state index is 12.2. The minimum Gasteiger partial charge on any atom is -0.465 e. The lowest BCUT2D eigenvalue weighted by atomic mass is 10.0. The number of hydrogen-bond acceptors (Lipinski definition) is 5. The van der Waals surface area contributed by atoms with Crippen LogP contribution in [0.2, 0.25) is 0 Å². The van der Waals surface area contributed by atoms with Gasteiger partial charge in [-0.25, -0.2) is 9.59 Å². The molecule has 0 bridgehead atoms. The van der Waals surface area contributed by atoms with Gasteiger partial charge in [0, 0.05) is 12.6 Å². The van der Waals surface area contributed by atoms with Crippen molar-refractivity contribution in [3.05, 3.63) is 35.4 Å². The minimum absolute atomic E-state index is 0.0962. The molecule has 1 atom stereocenters. The molecule has 2 rings (SSSR count). The van der Waals surface area contributed by atoms with Gasteiger partial charge in [0.1, 0.15) is 0 Å². The predicted molar refractivity (Wildman–Crippen MR) is 83.1 cm³/mol. The van der Waals surface area contributed by atoms with Crippen LogP contribution in [0.15, 0.2) is 24.3 Å². The lowest BCUT2D eigenvalue weighted by molar-refractivity contribution is -0.137. The van der Waals surface area contributed by atoms with E-state index in [-0.39, 0.29) is 29.7 Å². The number of esters is 2. The number of likely N-dealkylation sites (tertiary alicyclic amines) is 1. The molecule has 0 aliphatic carbocycles. The third kappa shape index (κ3) is 4.09. The first kappa shape index (κ1) is 17.0. The van der Waals surface area contributed by atoms with Crippen LogP contribution in [-0.4, -0.2) is 49.0 Å². The van der Waals surface area contributed by atoms with Crippen LogP contribution in [0.4, 0.5) is 0 Å². The van der Waals surface area contributed by atoms with E-state index in [1.807, 2.05) is 6.92 Å². The summed E-state index contributed by atoms with van der Waals surface area (Å²) >= 11 is 0. The van der Waals surface area contributed by atoms with Crippen LogP contribution >= 0.6 is 0 Å².